The first-order chi connectivity index (χ1) is 7.65. The third-order valence-electron chi connectivity index (χ3n) is 4.62. The summed E-state index contributed by atoms with van der Waals surface area (Å²) in [6.45, 7) is 2.21. The van der Waals surface area contributed by atoms with Crippen LogP contribution in [0.3, 0.4) is 0 Å². The second-order valence-electron chi connectivity index (χ2n) is 5.74. The molecule has 0 saturated heterocycles. The molecule has 0 aromatic heterocycles. The van der Waals surface area contributed by atoms with E-state index in [4.69, 9.17) is 0 Å². The maximum absolute atomic E-state index is 12.3. The predicted molar refractivity (Wildman–Crippen MR) is 64.2 cm³/mol. The molecule has 16 heavy (non-hydrogen) atoms. The summed E-state index contributed by atoms with van der Waals surface area (Å²) in [7, 11) is 0. The number of aliphatic hydroxyl groups is 1. The molecule has 0 bridgehead atoms. The van der Waals surface area contributed by atoms with Crippen LogP contribution in [0.25, 0.3) is 0 Å². The highest BCUT2D eigenvalue weighted by molar-refractivity contribution is 5.89. The van der Waals surface area contributed by atoms with E-state index in [-0.39, 0.29) is 11.7 Å². The maximum atomic E-state index is 12.3. The minimum absolute atomic E-state index is 0.154. The zero-order chi connectivity index (χ0) is 11.6. The quantitative estimate of drug-likeness (QED) is 0.800. The van der Waals surface area contributed by atoms with Crippen molar-refractivity contribution in [1.29, 1.82) is 0 Å². The molecule has 0 amide bonds. The first kappa shape index (κ1) is 12.1. The van der Waals surface area contributed by atoms with Crippen LogP contribution < -0.4 is 0 Å². The summed E-state index contributed by atoms with van der Waals surface area (Å²) >= 11 is 0. The third kappa shape index (κ3) is 2.32. The van der Waals surface area contributed by atoms with Gasteiger partial charge in [-0.15, -0.1) is 0 Å². The molecule has 0 aromatic carbocycles. The lowest BCUT2D eigenvalue weighted by molar-refractivity contribution is -0.142. The Balaban J connectivity index is 1.98. The van der Waals surface area contributed by atoms with E-state index >= 15 is 0 Å². The van der Waals surface area contributed by atoms with Crippen LogP contribution in [0.1, 0.15) is 64.7 Å². The van der Waals surface area contributed by atoms with Gasteiger partial charge in [-0.2, -0.15) is 0 Å². The number of carbonyl (C=O) groups excluding carboxylic acids is 1. The van der Waals surface area contributed by atoms with Gasteiger partial charge in [0.2, 0.25) is 0 Å². The van der Waals surface area contributed by atoms with E-state index in [0.29, 0.717) is 18.8 Å². The number of rotatable bonds is 3. The highest BCUT2D eigenvalue weighted by Gasteiger charge is 2.43. The van der Waals surface area contributed by atoms with Crippen molar-refractivity contribution in [2.45, 2.75) is 70.3 Å². The van der Waals surface area contributed by atoms with Crippen molar-refractivity contribution >= 4 is 5.78 Å². The fourth-order valence-electron chi connectivity index (χ4n) is 3.49. The van der Waals surface area contributed by atoms with Crippen molar-refractivity contribution < 1.29 is 9.90 Å². The Morgan fingerprint density at radius 1 is 1.25 bits per heavy atom. The smallest absolute Gasteiger partial charge is 0.167 e. The average molecular weight is 224 g/mol. The SMILES string of the molecule is CCC1CCCC(C(=O)C2(O)CCCC2)C1. The van der Waals surface area contributed by atoms with Gasteiger partial charge in [0, 0.05) is 5.92 Å². The predicted octanol–water partition coefficient (Wildman–Crippen LogP) is 3.08. The van der Waals surface area contributed by atoms with Gasteiger partial charge in [0.1, 0.15) is 5.60 Å². The highest BCUT2D eigenvalue weighted by Crippen LogP contribution is 2.38. The Morgan fingerprint density at radius 3 is 2.56 bits per heavy atom. The van der Waals surface area contributed by atoms with E-state index in [1.807, 2.05) is 0 Å². The molecule has 92 valence electrons. The second kappa shape index (κ2) is 4.87. The van der Waals surface area contributed by atoms with E-state index < -0.39 is 5.60 Å². The fraction of sp³-hybridized carbons (Fsp3) is 0.929. The Bertz CT molecular complexity index is 253. The van der Waals surface area contributed by atoms with Crippen LogP contribution in [-0.4, -0.2) is 16.5 Å². The normalized spacial score (nSPS) is 33.9. The standard InChI is InChI=1S/C14H24O2/c1-2-11-6-5-7-12(10-11)13(15)14(16)8-3-4-9-14/h11-12,16H,2-10H2,1H3. The fourth-order valence-corrected chi connectivity index (χ4v) is 3.49. The largest absolute Gasteiger partial charge is 0.382 e. The minimum Gasteiger partial charge on any atom is -0.382 e. The molecule has 2 heteroatoms. The molecule has 2 saturated carbocycles. The molecule has 0 radical (unpaired) electrons. The van der Waals surface area contributed by atoms with Crippen molar-refractivity contribution in [2.24, 2.45) is 11.8 Å². The lowest BCUT2D eigenvalue weighted by Gasteiger charge is -2.32. The van der Waals surface area contributed by atoms with Gasteiger partial charge < -0.3 is 5.11 Å². The van der Waals surface area contributed by atoms with E-state index in [2.05, 4.69) is 6.92 Å². The van der Waals surface area contributed by atoms with Crippen LogP contribution in [-0.2, 0) is 4.79 Å². The Labute approximate surface area is 98.4 Å². The van der Waals surface area contributed by atoms with Gasteiger partial charge in [-0.3, -0.25) is 4.79 Å². The third-order valence-corrected chi connectivity index (χ3v) is 4.62. The molecule has 0 aliphatic heterocycles. The van der Waals surface area contributed by atoms with Gasteiger partial charge in [-0.25, -0.2) is 0 Å². The molecule has 2 nitrogen and oxygen atoms in total. The number of hydrogen-bond donors (Lipinski definition) is 1. The molecule has 0 heterocycles. The molecule has 2 rings (SSSR count). The Kier molecular flexibility index (Phi) is 3.68. The summed E-state index contributed by atoms with van der Waals surface area (Å²) in [5.41, 5.74) is -0.944. The van der Waals surface area contributed by atoms with Crippen molar-refractivity contribution in [3.05, 3.63) is 0 Å². The van der Waals surface area contributed by atoms with Crippen molar-refractivity contribution in [3.63, 3.8) is 0 Å². The molecular weight excluding hydrogens is 200 g/mol. The van der Waals surface area contributed by atoms with Crippen LogP contribution in [0.5, 0.6) is 0 Å². The van der Waals surface area contributed by atoms with E-state index in [1.54, 1.807) is 0 Å². The molecule has 0 aromatic rings. The zero-order valence-corrected chi connectivity index (χ0v) is 10.4. The maximum Gasteiger partial charge on any atom is 0.167 e. The van der Waals surface area contributed by atoms with Crippen LogP contribution in [0.15, 0.2) is 0 Å². The second-order valence-corrected chi connectivity index (χ2v) is 5.74. The summed E-state index contributed by atoms with van der Waals surface area (Å²) in [6.07, 6.45) is 9.12. The summed E-state index contributed by atoms with van der Waals surface area (Å²) < 4.78 is 0. The molecular formula is C14H24O2. The number of ketones is 1. The first-order valence-electron chi connectivity index (χ1n) is 6.92. The Morgan fingerprint density at radius 2 is 1.94 bits per heavy atom. The summed E-state index contributed by atoms with van der Waals surface area (Å²) in [6, 6.07) is 0. The van der Waals surface area contributed by atoms with Crippen LogP contribution >= 0.6 is 0 Å². The van der Waals surface area contributed by atoms with Gasteiger partial charge in [0.15, 0.2) is 5.78 Å². The van der Waals surface area contributed by atoms with Gasteiger partial charge in [0.25, 0.3) is 0 Å². The van der Waals surface area contributed by atoms with Crippen molar-refractivity contribution in [1.82, 2.24) is 0 Å². The molecule has 2 unspecified atom stereocenters. The first-order valence-corrected chi connectivity index (χ1v) is 6.92. The molecule has 2 aliphatic rings. The summed E-state index contributed by atoms with van der Waals surface area (Å²) in [5.74, 6) is 1.04. The zero-order valence-electron chi connectivity index (χ0n) is 10.4. The van der Waals surface area contributed by atoms with E-state index in [9.17, 15) is 9.90 Å². The van der Waals surface area contributed by atoms with Crippen LogP contribution in [0.2, 0.25) is 0 Å². The monoisotopic (exact) mass is 224 g/mol. The molecule has 2 fully saturated rings. The van der Waals surface area contributed by atoms with Gasteiger partial charge in [-0.05, 0) is 44.4 Å². The van der Waals surface area contributed by atoms with Crippen molar-refractivity contribution in [3.8, 4) is 0 Å². The topological polar surface area (TPSA) is 37.3 Å². The van der Waals surface area contributed by atoms with Gasteiger partial charge in [0.05, 0.1) is 0 Å². The van der Waals surface area contributed by atoms with Gasteiger partial charge >= 0.3 is 0 Å². The minimum atomic E-state index is -0.944. The number of Topliss-reactive ketones (excluding diaryl/α,β-unsaturated/α-hetero) is 1. The van der Waals surface area contributed by atoms with E-state index in [1.165, 1.54) is 19.3 Å². The average Bonchev–Trinajstić information content (AvgIpc) is 2.76. The molecule has 2 atom stereocenters. The van der Waals surface area contributed by atoms with Crippen LogP contribution in [0.4, 0.5) is 0 Å². The molecule has 1 N–H and O–H groups in total. The van der Waals surface area contributed by atoms with E-state index in [0.717, 1.165) is 25.7 Å². The molecule has 0 spiro atoms. The van der Waals surface area contributed by atoms with Crippen LogP contribution in [0, 0.1) is 11.8 Å². The van der Waals surface area contributed by atoms with Crippen molar-refractivity contribution in [2.75, 3.05) is 0 Å². The summed E-state index contributed by atoms with van der Waals surface area (Å²) in [4.78, 5) is 12.3. The number of carbonyl (C=O) groups is 1. The summed E-state index contributed by atoms with van der Waals surface area (Å²) in [5, 5.41) is 10.3. The lowest BCUT2D eigenvalue weighted by Crippen LogP contribution is -2.41. The molecule has 2 aliphatic carbocycles. The highest BCUT2D eigenvalue weighted by atomic mass is 16.3. The Hall–Kier alpha value is -0.370. The van der Waals surface area contributed by atoms with Gasteiger partial charge in [-0.1, -0.05) is 26.2 Å². The lowest BCUT2D eigenvalue weighted by atomic mass is 9.74. The number of hydrogen-bond acceptors (Lipinski definition) is 2.